The highest BCUT2D eigenvalue weighted by molar-refractivity contribution is 7.90. The number of aliphatic hydroxyl groups excluding tert-OH is 3. The second-order valence-corrected chi connectivity index (χ2v) is 8.51. The van der Waals surface area contributed by atoms with Crippen LogP contribution >= 0.6 is 0 Å². The van der Waals surface area contributed by atoms with Gasteiger partial charge < -0.3 is 24.8 Å². The lowest BCUT2D eigenvalue weighted by atomic mass is 9.99. The van der Waals surface area contributed by atoms with Crippen molar-refractivity contribution >= 4 is 15.9 Å². The largest absolute Gasteiger partial charge is 0.394 e. The Balaban J connectivity index is 1.48. The highest BCUT2D eigenvalue weighted by Gasteiger charge is 2.46. The molecule has 2 aromatic rings. The fourth-order valence-electron chi connectivity index (χ4n) is 3.26. The summed E-state index contributed by atoms with van der Waals surface area (Å²) in [6, 6.07) is 4.11. The van der Waals surface area contributed by atoms with Crippen molar-refractivity contribution in [2.75, 3.05) is 6.61 Å². The van der Waals surface area contributed by atoms with Crippen molar-refractivity contribution in [2.24, 2.45) is 0 Å². The van der Waals surface area contributed by atoms with Gasteiger partial charge in [0.15, 0.2) is 12.4 Å². The van der Waals surface area contributed by atoms with E-state index in [9.17, 15) is 28.5 Å². The summed E-state index contributed by atoms with van der Waals surface area (Å²) in [5.74, 6) is -0.712. The van der Waals surface area contributed by atoms with Crippen molar-refractivity contribution in [3.05, 3.63) is 35.7 Å². The van der Waals surface area contributed by atoms with Crippen LogP contribution in [0.5, 0.6) is 0 Å². The Morgan fingerprint density at radius 3 is 2.74 bits per heavy atom. The first-order valence-corrected chi connectivity index (χ1v) is 10.4. The molecule has 0 spiro atoms. The summed E-state index contributed by atoms with van der Waals surface area (Å²) in [4.78, 5) is 15.6. The van der Waals surface area contributed by atoms with Crippen molar-refractivity contribution < 1.29 is 48.2 Å². The summed E-state index contributed by atoms with van der Waals surface area (Å²) < 4.78 is 37.9. The number of aliphatic hydroxyl groups is 3. The van der Waals surface area contributed by atoms with E-state index in [1.54, 1.807) is 0 Å². The van der Waals surface area contributed by atoms with Crippen LogP contribution in [-0.2, 0) is 31.0 Å². The minimum atomic E-state index is -3.93. The molecule has 14 nitrogen and oxygen atoms in total. The van der Waals surface area contributed by atoms with Crippen molar-refractivity contribution in [1.29, 1.82) is 0 Å². The van der Waals surface area contributed by atoms with Gasteiger partial charge in [-0.25, -0.2) is 22.7 Å². The fraction of sp³-hybridized carbons (Fsp3) is 0.438. The summed E-state index contributed by atoms with van der Waals surface area (Å²) in [5, 5.41) is 45.8. The van der Waals surface area contributed by atoms with Crippen LogP contribution in [0.25, 0.3) is 5.69 Å². The molecule has 5 N–H and O–H groups in total. The SMILES string of the molecule is O=C1NS(=O)(=O)c2cc(-n3cc(CO[C@@H]4O[C@H](CO)[C@@H](O)[C@H](O)[C@H]4OO)nn3)ccc21. The molecule has 168 valence electrons. The average Bonchev–Trinajstić information content (AvgIpc) is 3.31. The number of fused-ring (bicyclic) bond motifs is 1. The third kappa shape index (κ3) is 3.92. The Morgan fingerprint density at radius 2 is 2.03 bits per heavy atom. The summed E-state index contributed by atoms with van der Waals surface area (Å²) in [6.45, 7) is -0.834. The molecule has 1 aromatic heterocycles. The molecule has 15 heteroatoms. The van der Waals surface area contributed by atoms with E-state index in [0.717, 1.165) is 0 Å². The first-order valence-electron chi connectivity index (χ1n) is 8.92. The van der Waals surface area contributed by atoms with Gasteiger partial charge in [0.1, 0.15) is 28.9 Å². The summed E-state index contributed by atoms with van der Waals surface area (Å²) in [6.07, 6.45) is -5.61. The number of nitrogens with one attached hydrogen (secondary N) is 1. The molecule has 31 heavy (non-hydrogen) atoms. The standard InChI is InChI=1S/C16H18N4O10S/c21-5-10-12(22)13(23)14(30-25)16(29-10)28-6-7-4-20(19-17-7)8-1-2-9-11(3-8)31(26,27)18-15(9)24/h1-4,10,12-14,16,21-23,25H,5-6H2,(H,18,24)/t10-,12-,13+,14-,16-/m1/s1. The van der Waals surface area contributed by atoms with Gasteiger partial charge in [-0.15, -0.1) is 5.10 Å². The number of nitrogens with zero attached hydrogens (tertiary/aromatic N) is 3. The smallest absolute Gasteiger partial charge is 0.266 e. The van der Waals surface area contributed by atoms with Crippen LogP contribution in [-0.4, -0.2) is 87.2 Å². The first-order chi connectivity index (χ1) is 14.7. The molecular weight excluding hydrogens is 440 g/mol. The normalized spacial score (nSPS) is 29.5. The van der Waals surface area contributed by atoms with Crippen molar-refractivity contribution in [3.8, 4) is 5.69 Å². The van der Waals surface area contributed by atoms with Gasteiger partial charge in [0.2, 0.25) is 0 Å². The minimum absolute atomic E-state index is 0.0242. The van der Waals surface area contributed by atoms with Crippen molar-refractivity contribution in [2.45, 2.75) is 42.2 Å². The number of hydrogen-bond acceptors (Lipinski definition) is 12. The molecule has 1 aromatic carbocycles. The average molecular weight is 458 g/mol. The molecule has 1 amide bonds. The van der Waals surface area contributed by atoms with E-state index >= 15 is 0 Å². The zero-order chi connectivity index (χ0) is 22.3. The van der Waals surface area contributed by atoms with Gasteiger partial charge in [-0.05, 0) is 18.2 Å². The Hall–Kier alpha value is -2.50. The molecule has 3 heterocycles. The summed E-state index contributed by atoms with van der Waals surface area (Å²) in [7, 11) is -3.93. The maximum atomic E-state index is 12.0. The van der Waals surface area contributed by atoms with E-state index in [1.165, 1.54) is 29.1 Å². The lowest BCUT2D eigenvalue weighted by Crippen LogP contribution is -2.59. The fourth-order valence-corrected chi connectivity index (χ4v) is 4.45. The van der Waals surface area contributed by atoms with Crippen LogP contribution in [0, 0.1) is 0 Å². The van der Waals surface area contributed by atoms with Crippen LogP contribution < -0.4 is 4.72 Å². The van der Waals surface area contributed by atoms with Crippen molar-refractivity contribution in [1.82, 2.24) is 19.7 Å². The van der Waals surface area contributed by atoms with Crippen molar-refractivity contribution in [3.63, 3.8) is 0 Å². The topological polar surface area (TPSA) is 203 Å². The number of rotatable bonds is 6. The number of carbonyl (C=O) groups is 1. The Labute approximate surface area is 174 Å². The Kier molecular flexibility index (Phi) is 5.75. The van der Waals surface area contributed by atoms with Gasteiger partial charge in [-0.1, -0.05) is 5.21 Å². The highest BCUT2D eigenvalue weighted by atomic mass is 32.2. The third-order valence-corrected chi connectivity index (χ3v) is 6.24. The highest BCUT2D eigenvalue weighted by Crippen LogP contribution is 2.26. The maximum Gasteiger partial charge on any atom is 0.266 e. The molecule has 0 bridgehead atoms. The van der Waals surface area contributed by atoms with E-state index in [-0.39, 0.29) is 22.8 Å². The molecule has 0 aliphatic carbocycles. The second kappa shape index (κ2) is 8.21. The number of amides is 1. The number of hydrogen-bond donors (Lipinski definition) is 5. The maximum absolute atomic E-state index is 12.0. The van der Waals surface area contributed by atoms with Crippen LogP contribution in [0.15, 0.2) is 29.3 Å². The lowest BCUT2D eigenvalue weighted by molar-refractivity contribution is -0.389. The molecule has 0 saturated carbocycles. The monoisotopic (exact) mass is 458 g/mol. The van der Waals surface area contributed by atoms with E-state index < -0.39 is 53.2 Å². The molecule has 5 atom stereocenters. The molecular formula is C16H18N4O10S. The molecule has 2 aliphatic rings. The molecule has 2 aliphatic heterocycles. The predicted octanol–water partition coefficient (Wildman–Crippen LogP) is -2.49. The third-order valence-electron chi connectivity index (χ3n) is 4.87. The first kappa shape index (κ1) is 21.7. The minimum Gasteiger partial charge on any atom is -0.394 e. The van der Waals surface area contributed by atoms with E-state index in [0.29, 0.717) is 5.69 Å². The Morgan fingerprint density at radius 1 is 1.26 bits per heavy atom. The number of ether oxygens (including phenoxy) is 2. The second-order valence-electron chi connectivity index (χ2n) is 6.86. The van der Waals surface area contributed by atoms with Gasteiger partial charge >= 0.3 is 0 Å². The molecule has 4 rings (SSSR count). The summed E-state index contributed by atoms with van der Waals surface area (Å²) >= 11 is 0. The molecule has 0 unspecified atom stereocenters. The van der Waals surface area contributed by atoms with Crippen LogP contribution in [0.4, 0.5) is 0 Å². The zero-order valence-corrected chi connectivity index (χ0v) is 16.4. The number of carbonyl (C=O) groups excluding carboxylic acids is 1. The molecule has 1 fully saturated rings. The van der Waals surface area contributed by atoms with Gasteiger partial charge in [-0.2, -0.15) is 0 Å². The lowest BCUT2D eigenvalue weighted by Gasteiger charge is -2.40. The van der Waals surface area contributed by atoms with Crippen LogP contribution in [0.1, 0.15) is 16.1 Å². The van der Waals surface area contributed by atoms with E-state index in [1.807, 2.05) is 4.72 Å². The van der Waals surface area contributed by atoms with Gasteiger partial charge in [0.25, 0.3) is 15.9 Å². The Bertz CT molecular complexity index is 1090. The van der Waals surface area contributed by atoms with Gasteiger partial charge in [0, 0.05) is 0 Å². The number of benzene rings is 1. The van der Waals surface area contributed by atoms with Crippen LogP contribution in [0.2, 0.25) is 0 Å². The zero-order valence-electron chi connectivity index (χ0n) is 15.6. The van der Waals surface area contributed by atoms with E-state index in [4.69, 9.17) is 14.7 Å². The molecule has 0 radical (unpaired) electrons. The van der Waals surface area contributed by atoms with E-state index in [2.05, 4.69) is 15.2 Å². The molecule has 1 saturated heterocycles. The van der Waals surface area contributed by atoms with Gasteiger partial charge in [0.05, 0.1) is 30.7 Å². The number of sulfonamides is 1. The predicted molar refractivity (Wildman–Crippen MR) is 96.1 cm³/mol. The summed E-state index contributed by atoms with van der Waals surface area (Å²) in [5.41, 5.74) is 0.608. The quantitative estimate of drug-likeness (QED) is 0.225. The van der Waals surface area contributed by atoms with Crippen LogP contribution in [0.3, 0.4) is 0 Å². The van der Waals surface area contributed by atoms with Gasteiger partial charge in [-0.3, -0.25) is 10.1 Å². The number of aromatic nitrogens is 3.